The molecule has 250 valence electrons. The van der Waals surface area contributed by atoms with Crippen LogP contribution in [0.5, 0.6) is 0 Å². The van der Waals surface area contributed by atoms with E-state index in [1.54, 1.807) is 0 Å². The van der Waals surface area contributed by atoms with Crippen molar-refractivity contribution >= 4 is 47.4 Å². The highest BCUT2D eigenvalue weighted by Crippen LogP contribution is 2.62. The summed E-state index contributed by atoms with van der Waals surface area (Å²) in [6, 6.07) is 0. The highest BCUT2D eigenvalue weighted by Gasteiger charge is 2.77. The molecule has 2 saturated heterocycles. The van der Waals surface area contributed by atoms with E-state index in [1.807, 2.05) is 0 Å². The normalized spacial score (nSPS) is 43.7. The molecule has 0 bridgehead atoms. The van der Waals surface area contributed by atoms with Crippen LogP contribution in [0.25, 0.3) is 0 Å². The molecule has 0 radical (unpaired) electrons. The first-order chi connectivity index (χ1) is 20.7. The van der Waals surface area contributed by atoms with E-state index in [0.717, 1.165) is 34.6 Å². The van der Waals surface area contributed by atoms with E-state index >= 15 is 0 Å². The summed E-state index contributed by atoms with van der Waals surface area (Å²) < 4.78 is 40.8. The SMILES string of the molecule is C=C1[C@H]2O[C@H]2[C@@H](OC(C)=O)[C@@]2(C)[C@@H](OC(C)=O)C[C@@H](OC(C)=O)[C@@](C)(OC(C)=O)[C@@H]2[C@@H](OC(C)=O)C2(O)[C@@H](C)C(=O)O[C@H]2[C@H]1Cl. The Kier molecular flexibility index (Phi) is 9.12. The lowest BCUT2D eigenvalue weighted by Gasteiger charge is -2.61. The Morgan fingerprint density at radius 3 is 1.89 bits per heavy atom. The summed E-state index contributed by atoms with van der Waals surface area (Å²) in [7, 11) is 0. The van der Waals surface area contributed by atoms with Gasteiger partial charge in [0.05, 0.1) is 22.6 Å². The van der Waals surface area contributed by atoms with Gasteiger partial charge in [0.1, 0.15) is 36.6 Å². The van der Waals surface area contributed by atoms with Crippen molar-refractivity contribution in [1.82, 2.24) is 0 Å². The zero-order valence-electron chi connectivity index (χ0n) is 26.3. The van der Waals surface area contributed by atoms with Gasteiger partial charge in [-0.3, -0.25) is 28.8 Å². The Hall–Kier alpha value is -3.23. The maximum atomic E-state index is 13.2. The zero-order valence-corrected chi connectivity index (χ0v) is 27.1. The molecular weight excluding hydrogens is 620 g/mol. The quantitative estimate of drug-likeness (QED) is 0.146. The van der Waals surface area contributed by atoms with Crippen LogP contribution in [0.2, 0.25) is 0 Å². The van der Waals surface area contributed by atoms with Gasteiger partial charge in [0.25, 0.3) is 0 Å². The number of esters is 6. The van der Waals surface area contributed by atoms with Gasteiger partial charge in [-0.1, -0.05) is 13.5 Å². The van der Waals surface area contributed by atoms with E-state index in [4.69, 9.17) is 44.8 Å². The molecule has 13 atom stereocenters. The van der Waals surface area contributed by atoms with Crippen molar-refractivity contribution in [2.75, 3.05) is 0 Å². The van der Waals surface area contributed by atoms with Crippen LogP contribution >= 0.6 is 11.6 Å². The van der Waals surface area contributed by atoms with Crippen molar-refractivity contribution in [3.8, 4) is 0 Å². The molecule has 2 saturated carbocycles. The van der Waals surface area contributed by atoms with Crippen molar-refractivity contribution in [3.63, 3.8) is 0 Å². The van der Waals surface area contributed by atoms with Crippen molar-refractivity contribution in [2.45, 2.75) is 121 Å². The first-order valence-electron chi connectivity index (χ1n) is 14.5. The third-order valence-corrected chi connectivity index (χ3v) is 10.1. The number of aliphatic hydroxyl groups is 1. The molecule has 1 N–H and O–H groups in total. The second-order valence-electron chi connectivity index (χ2n) is 12.6. The topological polar surface area (TPSA) is 191 Å². The summed E-state index contributed by atoms with van der Waals surface area (Å²) in [6.45, 7) is 13.8. The van der Waals surface area contributed by atoms with Gasteiger partial charge >= 0.3 is 35.8 Å². The van der Waals surface area contributed by atoms with Gasteiger partial charge in [0.15, 0.2) is 17.3 Å². The highest BCUT2D eigenvalue weighted by molar-refractivity contribution is 6.23. The molecule has 2 heterocycles. The van der Waals surface area contributed by atoms with Crippen LogP contribution < -0.4 is 0 Å². The number of rotatable bonds is 5. The van der Waals surface area contributed by atoms with Gasteiger partial charge in [0.2, 0.25) is 0 Å². The van der Waals surface area contributed by atoms with Crippen LogP contribution in [0.4, 0.5) is 0 Å². The van der Waals surface area contributed by atoms with E-state index in [0.29, 0.717) is 0 Å². The molecule has 2 aliphatic heterocycles. The highest BCUT2D eigenvalue weighted by atomic mass is 35.5. The van der Waals surface area contributed by atoms with Crippen molar-refractivity contribution in [1.29, 1.82) is 0 Å². The summed E-state index contributed by atoms with van der Waals surface area (Å²) in [5, 5.41) is 11.4. The molecular formula is C30H39ClO14. The fraction of sp³-hybridized carbons (Fsp3) is 0.733. The summed E-state index contributed by atoms with van der Waals surface area (Å²) in [5.41, 5.74) is -6.06. The zero-order chi connectivity index (χ0) is 34.0. The molecule has 0 aromatic heterocycles. The molecule has 45 heavy (non-hydrogen) atoms. The fourth-order valence-electron chi connectivity index (χ4n) is 7.67. The molecule has 1 unspecified atom stereocenters. The fourth-order valence-corrected chi connectivity index (χ4v) is 8.04. The number of ether oxygens (including phenoxy) is 7. The number of carbonyl (C=O) groups excluding carboxylic acids is 6. The van der Waals surface area contributed by atoms with Crippen LogP contribution in [0.3, 0.4) is 0 Å². The lowest BCUT2D eigenvalue weighted by molar-refractivity contribution is -0.296. The number of alkyl halides is 1. The Morgan fingerprint density at radius 2 is 1.38 bits per heavy atom. The van der Waals surface area contributed by atoms with Gasteiger partial charge in [-0.05, 0) is 19.4 Å². The van der Waals surface area contributed by atoms with Gasteiger partial charge < -0.3 is 38.3 Å². The lowest BCUT2D eigenvalue weighted by atomic mass is 9.50. The van der Waals surface area contributed by atoms with Crippen LogP contribution in [0, 0.1) is 17.3 Å². The Labute approximate surface area is 264 Å². The molecule has 4 rings (SSSR count). The maximum Gasteiger partial charge on any atom is 0.312 e. The molecule has 15 heteroatoms. The van der Waals surface area contributed by atoms with E-state index in [-0.39, 0.29) is 12.0 Å². The van der Waals surface area contributed by atoms with E-state index in [2.05, 4.69) is 6.58 Å². The summed E-state index contributed by atoms with van der Waals surface area (Å²) in [6.07, 6.45) is -9.64. The molecule has 4 fully saturated rings. The van der Waals surface area contributed by atoms with E-state index in [1.165, 1.54) is 20.8 Å². The average molecular weight is 659 g/mol. The van der Waals surface area contributed by atoms with E-state index < -0.39 is 112 Å². The van der Waals surface area contributed by atoms with Gasteiger partial charge in [-0.15, -0.1) is 11.6 Å². The number of carbonyl (C=O) groups is 6. The maximum absolute atomic E-state index is 13.2. The summed E-state index contributed by atoms with van der Waals surface area (Å²) in [5.74, 6) is -7.99. The smallest absolute Gasteiger partial charge is 0.312 e. The summed E-state index contributed by atoms with van der Waals surface area (Å²) >= 11 is 6.84. The Bertz CT molecular complexity index is 1320. The third-order valence-electron chi connectivity index (χ3n) is 9.54. The molecule has 0 amide bonds. The second kappa shape index (κ2) is 11.8. The largest absolute Gasteiger partial charge is 0.462 e. The summed E-state index contributed by atoms with van der Waals surface area (Å²) in [4.78, 5) is 76.6. The molecule has 4 aliphatic rings. The number of hydrogen-bond acceptors (Lipinski definition) is 14. The number of halogens is 1. The van der Waals surface area contributed by atoms with Crippen molar-refractivity contribution < 1.29 is 67.0 Å². The standard InChI is InChI=1S/C30H39ClO14/c1-11-20(31)24-30(38,12(2)27(37)44-24)26(42-16(6)35)23-28(8,25(41-15(5)34)22-21(11)43-22)18(39-13(3)32)10-19(40-14(4)33)29(23,9)45-17(7)36/h12,18-26,38H,1,10H2,2-9H3/t12-,18-,19+,20-,21+,22+,23+,24-,25+,26+,28-,29+,30?/m0/s1. The van der Waals surface area contributed by atoms with Crippen molar-refractivity contribution in [3.05, 3.63) is 12.2 Å². The van der Waals surface area contributed by atoms with Crippen molar-refractivity contribution in [2.24, 2.45) is 17.3 Å². The Balaban J connectivity index is 2.17. The molecule has 0 aromatic carbocycles. The molecule has 14 nitrogen and oxygen atoms in total. The minimum Gasteiger partial charge on any atom is -0.462 e. The molecule has 2 aliphatic carbocycles. The monoisotopic (exact) mass is 658 g/mol. The van der Waals surface area contributed by atoms with Gasteiger partial charge in [-0.25, -0.2) is 0 Å². The van der Waals surface area contributed by atoms with Gasteiger partial charge in [0, 0.05) is 41.0 Å². The first kappa shape index (κ1) is 34.6. The molecule has 0 aromatic rings. The number of hydrogen-bond donors (Lipinski definition) is 1. The van der Waals surface area contributed by atoms with Crippen LogP contribution in [0.15, 0.2) is 12.2 Å². The Morgan fingerprint density at radius 1 is 0.867 bits per heavy atom. The van der Waals surface area contributed by atoms with Crippen LogP contribution in [-0.4, -0.2) is 100 Å². The lowest BCUT2D eigenvalue weighted by Crippen LogP contribution is -2.76. The number of epoxide rings is 1. The average Bonchev–Trinajstić information content (AvgIpc) is 3.65. The first-order valence-corrected chi connectivity index (χ1v) is 14.9. The minimum atomic E-state index is -2.47. The van der Waals surface area contributed by atoms with Crippen LogP contribution in [-0.2, 0) is 61.9 Å². The predicted octanol–water partition coefficient (Wildman–Crippen LogP) is 1.30. The van der Waals surface area contributed by atoms with E-state index in [9.17, 15) is 33.9 Å². The van der Waals surface area contributed by atoms with Crippen LogP contribution in [0.1, 0.15) is 61.8 Å². The molecule has 0 spiro atoms. The minimum absolute atomic E-state index is 0.174. The third kappa shape index (κ3) is 5.69. The van der Waals surface area contributed by atoms with Gasteiger partial charge in [-0.2, -0.15) is 0 Å². The number of fused-ring (bicyclic) bond motifs is 3. The predicted molar refractivity (Wildman–Crippen MR) is 150 cm³/mol. The second-order valence-corrected chi connectivity index (χ2v) is 13.0.